The standard InChI is InChI=1S/C10H11BrFNO/c11-9-3-7(1-2-10(9)12)6-14-8-4-13-5-8/h1-3,8,13H,4-6H2. The number of nitrogens with one attached hydrogen (secondary N) is 1. The van der Waals surface area contributed by atoms with Crippen LogP contribution in [0.5, 0.6) is 0 Å². The van der Waals surface area contributed by atoms with Crippen LogP contribution >= 0.6 is 15.9 Å². The molecule has 0 bridgehead atoms. The van der Waals surface area contributed by atoms with Crippen LogP contribution in [0.1, 0.15) is 5.56 Å². The van der Waals surface area contributed by atoms with E-state index in [-0.39, 0.29) is 5.82 Å². The van der Waals surface area contributed by atoms with E-state index in [4.69, 9.17) is 4.74 Å². The highest BCUT2D eigenvalue weighted by atomic mass is 79.9. The van der Waals surface area contributed by atoms with Gasteiger partial charge in [-0.15, -0.1) is 0 Å². The molecule has 1 aromatic rings. The molecule has 14 heavy (non-hydrogen) atoms. The Bertz CT molecular complexity index is 328. The van der Waals surface area contributed by atoms with Gasteiger partial charge in [0.2, 0.25) is 0 Å². The molecule has 0 atom stereocenters. The molecule has 2 nitrogen and oxygen atoms in total. The molecule has 0 radical (unpaired) electrons. The lowest BCUT2D eigenvalue weighted by Crippen LogP contribution is -2.48. The van der Waals surface area contributed by atoms with Crippen molar-refractivity contribution in [2.75, 3.05) is 13.1 Å². The summed E-state index contributed by atoms with van der Waals surface area (Å²) in [5.74, 6) is -0.237. The van der Waals surface area contributed by atoms with Gasteiger partial charge in [-0.1, -0.05) is 6.07 Å². The van der Waals surface area contributed by atoms with Crippen molar-refractivity contribution >= 4 is 15.9 Å². The lowest BCUT2D eigenvalue weighted by atomic mass is 10.2. The molecule has 1 fully saturated rings. The average Bonchev–Trinajstić information content (AvgIpc) is 2.08. The SMILES string of the molecule is Fc1ccc(COC2CNC2)cc1Br. The Morgan fingerprint density at radius 2 is 2.29 bits per heavy atom. The zero-order valence-corrected chi connectivity index (χ0v) is 9.18. The van der Waals surface area contributed by atoms with Crippen molar-refractivity contribution in [3.8, 4) is 0 Å². The van der Waals surface area contributed by atoms with Crippen molar-refractivity contribution in [1.29, 1.82) is 0 Å². The summed E-state index contributed by atoms with van der Waals surface area (Å²) in [6.45, 7) is 2.38. The third kappa shape index (κ3) is 2.32. The minimum absolute atomic E-state index is 0.237. The van der Waals surface area contributed by atoms with Crippen LogP contribution < -0.4 is 5.32 Å². The van der Waals surface area contributed by atoms with E-state index in [9.17, 15) is 4.39 Å². The summed E-state index contributed by atoms with van der Waals surface area (Å²) < 4.78 is 18.9. The number of ether oxygens (including phenoxy) is 1. The largest absolute Gasteiger partial charge is 0.371 e. The van der Waals surface area contributed by atoms with E-state index in [1.807, 2.05) is 0 Å². The molecule has 1 N–H and O–H groups in total. The maximum absolute atomic E-state index is 12.9. The highest BCUT2D eigenvalue weighted by Gasteiger charge is 2.16. The number of hydrogen-bond donors (Lipinski definition) is 1. The molecule has 1 aromatic carbocycles. The van der Waals surface area contributed by atoms with Crippen molar-refractivity contribution in [2.45, 2.75) is 12.7 Å². The third-order valence-electron chi connectivity index (χ3n) is 2.21. The lowest BCUT2D eigenvalue weighted by molar-refractivity contribution is 0.00754. The second kappa shape index (κ2) is 4.38. The summed E-state index contributed by atoms with van der Waals surface area (Å²) in [5.41, 5.74) is 0.991. The van der Waals surface area contributed by atoms with Crippen LogP contribution in [0.4, 0.5) is 4.39 Å². The summed E-state index contributed by atoms with van der Waals surface area (Å²) in [7, 11) is 0. The molecule has 0 spiro atoms. The minimum atomic E-state index is -0.237. The first-order chi connectivity index (χ1) is 6.75. The molecule has 1 aliphatic heterocycles. The molecule has 0 saturated carbocycles. The number of benzene rings is 1. The van der Waals surface area contributed by atoms with E-state index in [1.165, 1.54) is 6.07 Å². The van der Waals surface area contributed by atoms with Crippen LogP contribution in [0, 0.1) is 5.82 Å². The molecule has 1 heterocycles. The predicted molar refractivity (Wildman–Crippen MR) is 55.5 cm³/mol. The molecule has 1 aliphatic rings. The van der Waals surface area contributed by atoms with Crippen LogP contribution in [0.15, 0.2) is 22.7 Å². The van der Waals surface area contributed by atoms with Gasteiger partial charge in [-0.3, -0.25) is 0 Å². The molecule has 1 saturated heterocycles. The van der Waals surface area contributed by atoms with Crippen molar-refractivity contribution in [1.82, 2.24) is 5.32 Å². The van der Waals surface area contributed by atoms with E-state index < -0.39 is 0 Å². The van der Waals surface area contributed by atoms with Crippen molar-refractivity contribution in [3.05, 3.63) is 34.1 Å². The average molecular weight is 260 g/mol. The highest BCUT2D eigenvalue weighted by molar-refractivity contribution is 9.10. The van der Waals surface area contributed by atoms with Crippen LogP contribution in [-0.2, 0) is 11.3 Å². The predicted octanol–water partition coefficient (Wildman–Crippen LogP) is 2.08. The van der Waals surface area contributed by atoms with Gasteiger partial charge in [-0.2, -0.15) is 0 Å². The van der Waals surface area contributed by atoms with Crippen molar-refractivity contribution in [3.63, 3.8) is 0 Å². The summed E-state index contributed by atoms with van der Waals surface area (Å²) in [4.78, 5) is 0. The van der Waals surface area contributed by atoms with E-state index >= 15 is 0 Å². The maximum Gasteiger partial charge on any atom is 0.137 e. The van der Waals surface area contributed by atoms with Gasteiger partial charge < -0.3 is 10.1 Å². The number of rotatable bonds is 3. The van der Waals surface area contributed by atoms with Crippen LogP contribution in [0.2, 0.25) is 0 Å². The monoisotopic (exact) mass is 259 g/mol. The Kier molecular flexibility index (Phi) is 3.15. The number of halogens is 2. The van der Waals surface area contributed by atoms with E-state index in [2.05, 4.69) is 21.2 Å². The Morgan fingerprint density at radius 1 is 1.50 bits per heavy atom. The number of hydrogen-bond acceptors (Lipinski definition) is 2. The van der Waals surface area contributed by atoms with Gasteiger partial charge in [0.1, 0.15) is 5.82 Å². The summed E-state index contributed by atoms with van der Waals surface area (Å²) in [6, 6.07) is 4.94. The van der Waals surface area contributed by atoms with E-state index in [0.29, 0.717) is 17.2 Å². The normalized spacial score (nSPS) is 16.7. The summed E-state index contributed by atoms with van der Waals surface area (Å²) >= 11 is 3.14. The van der Waals surface area contributed by atoms with Gasteiger partial charge in [-0.05, 0) is 33.6 Å². The first-order valence-electron chi connectivity index (χ1n) is 4.52. The van der Waals surface area contributed by atoms with Gasteiger partial charge in [-0.25, -0.2) is 4.39 Å². The molecule has 0 aromatic heterocycles. The Hall–Kier alpha value is -0.450. The molecular weight excluding hydrogens is 249 g/mol. The molecule has 0 aliphatic carbocycles. The Labute approximate surface area is 90.6 Å². The van der Waals surface area contributed by atoms with Crippen molar-refractivity contribution < 1.29 is 9.13 Å². The molecule has 0 unspecified atom stereocenters. The van der Waals surface area contributed by atoms with Gasteiger partial charge in [0, 0.05) is 13.1 Å². The first kappa shape index (κ1) is 10.1. The second-order valence-corrected chi connectivity index (χ2v) is 4.19. The Morgan fingerprint density at radius 3 is 2.86 bits per heavy atom. The fourth-order valence-corrected chi connectivity index (χ4v) is 1.65. The molecule has 0 amide bonds. The van der Waals surface area contributed by atoms with Gasteiger partial charge >= 0.3 is 0 Å². The van der Waals surface area contributed by atoms with E-state index in [1.54, 1.807) is 12.1 Å². The summed E-state index contributed by atoms with van der Waals surface area (Å²) in [6.07, 6.45) is 0.318. The Balaban J connectivity index is 1.91. The maximum atomic E-state index is 12.9. The van der Waals surface area contributed by atoms with Crippen LogP contribution in [0.3, 0.4) is 0 Å². The fourth-order valence-electron chi connectivity index (χ4n) is 1.22. The van der Waals surface area contributed by atoms with Gasteiger partial charge in [0.25, 0.3) is 0 Å². The smallest absolute Gasteiger partial charge is 0.137 e. The zero-order chi connectivity index (χ0) is 9.97. The van der Waals surface area contributed by atoms with Gasteiger partial charge in [0.15, 0.2) is 0 Å². The quantitative estimate of drug-likeness (QED) is 0.898. The second-order valence-electron chi connectivity index (χ2n) is 3.34. The zero-order valence-electron chi connectivity index (χ0n) is 7.59. The molecule has 2 rings (SSSR count). The van der Waals surface area contributed by atoms with Crippen LogP contribution in [-0.4, -0.2) is 19.2 Å². The lowest BCUT2D eigenvalue weighted by Gasteiger charge is -2.27. The summed E-state index contributed by atoms with van der Waals surface area (Å²) in [5, 5.41) is 3.12. The third-order valence-corrected chi connectivity index (χ3v) is 2.82. The van der Waals surface area contributed by atoms with Crippen LogP contribution in [0.25, 0.3) is 0 Å². The topological polar surface area (TPSA) is 21.3 Å². The fraction of sp³-hybridized carbons (Fsp3) is 0.400. The first-order valence-corrected chi connectivity index (χ1v) is 5.31. The van der Waals surface area contributed by atoms with E-state index in [0.717, 1.165) is 18.7 Å². The van der Waals surface area contributed by atoms with Gasteiger partial charge in [0.05, 0.1) is 17.2 Å². The minimum Gasteiger partial charge on any atom is -0.371 e. The molecule has 4 heteroatoms. The molecular formula is C10H11BrFNO. The van der Waals surface area contributed by atoms with Crippen molar-refractivity contribution in [2.24, 2.45) is 0 Å². The highest BCUT2D eigenvalue weighted by Crippen LogP contribution is 2.17. The molecule has 76 valence electrons.